The van der Waals surface area contributed by atoms with Crippen molar-refractivity contribution < 1.29 is 9.84 Å². The smallest absolute Gasteiger partial charge is 0.238 e. The van der Waals surface area contributed by atoms with Crippen LogP contribution >= 0.6 is 11.6 Å². The Morgan fingerprint density at radius 1 is 0.950 bits per heavy atom. The van der Waals surface area contributed by atoms with Gasteiger partial charge in [0, 0.05) is 21.9 Å². The molecule has 0 saturated carbocycles. The molecule has 1 heterocycles. The second kappa shape index (κ2) is 5.45. The largest absolute Gasteiger partial charge is 0.437 e. The third-order valence-electron chi connectivity index (χ3n) is 2.90. The molecule has 0 amide bonds. The quantitative estimate of drug-likeness (QED) is 0.800. The van der Waals surface area contributed by atoms with Crippen LogP contribution in [0.1, 0.15) is 5.69 Å². The summed E-state index contributed by atoms with van der Waals surface area (Å²) >= 11 is 6.16. The molecule has 5 heteroatoms. The molecule has 3 rings (SSSR count). The van der Waals surface area contributed by atoms with Crippen molar-refractivity contribution in [1.29, 1.82) is 0 Å². The molecule has 0 saturated heterocycles. The van der Waals surface area contributed by atoms with E-state index in [0.29, 0.717) is 22.3 Å². The van der Waals surface area contributed by atoms with Crippen molar-refractivity contribution in [2.24, 2.45) is 0 Å². The van der Waals surface area contributed by atoms with Crippen molar-refractivity contribution in [3.8, 4) is 11.6 Å². The summed E-state index contributed by atoms with van der Waals surface area (Å²) in [6.45, 7) is -0.142. The van der Waals surface area contributed by atoms with Gasteiger partial charge in [0.1, 0.15) is 5.75 Å². The molecule has 3 aromatic rings. The van der Waals surface area contributed by atoms with Crippen LogP contribution in [0.3, 0.4) is 0 Å². The van der Waals surface area contributed by atoms with E-state index in [4.69, 9.17) is 21.4 Å². The number of benzene rings is 2. The van der Waals surface area contributed by atoms with Gasteiger partial charge < -0.3 is 9.84 Å². The summed E-state index contributed by atoms with van der Waals surface area (Å²) in [7, 11) is 0. The van der Waals surface area contributed by atoms with Crippen LogP contribution in [0.15, 0.2) is 48.5 Å². The molecule has 0 unspecified atom stereocenters. The zero-order valence-electron chi connectivity index (χ0n) is 10.5. The predicted octanol–water partition coefficient (Wildman–Crippen LogP) is 3.57. The maximum atomic E-state index is 8.93. The van der Waals surface area contributed by atoms with Gasteiger partial charge in [0.2, 0.25) is 5.88 Å². The molecule has 0 fully saturated rings. The molecular weight excluding hydrogens is 276 g/mol. The Hall–Kier alpha value is -2.17. The SMILES string of the molecule is OCc1ccc(Oc2ccc(Cl)c3ccccc23)nn1. The van der Waals surface area contributed by atoms with Gasteiger partial charge >= 0.3 is 0 Å². The molecular formula is C15H11ClN2O2. The van der Waals surface area contributed by atoms with Gasteiger partial charge in [0.15, 0.2) is 0 Å². The summed E-state index contributed by atoms with van der Waals surface area (Å²) in [4.78, 5) is 0. The monoisotopic (exact) mass is 286 g/mol. The minimum Gasteiger partial charge on any atom is -0.437 e. The molecule has 0 bridgehead atoms. The van der Waals surface area contributed by atoms with Crippen LogP contribution in [0.2, 0.25) is 5.02 Å². The molecule has 0 aliphatic carbocycles. The number of ether oxygens (including phenoxy) is 1. The minimum absolute atomic E-state index is 0.142. The van der Waals surface area contributed by atoms with E-state index in [1.54, 1.807) is 24.3 Å². The van der Waals surface area contributed by atoms with Crippen LogP contribution in [-0.2, 0) is 6.61 Å². The molecule has 0 spiro atoms. The number of fused-ring (bicyclic) bond motifs is 1. The molecule has 0 aliphatic rings. The highest BCUT2D eigenvalue weighted by atomic mass is 35.5. The Bertz CT molecular complexity index is 744. The van der Waals surface area contributed by atoms with E-state index in [0.717, 1.165) is 10.8 Å². The number of hydrogen-bond acceptors (Lipinski definition) is 4. The minimum atomic E-state index is -0.142. The summed E-state index contributed by atoms with van der Waals surface area (Å²) in [5, 5.41) is 19.2. The number of nitrogens with zero attached hydrogens (tertiary/aromatic N) is 2. The highest BCUT2D eigenvalue weighted by molar-refractivity contribution is 6.35. The zero-order valence-corrected chi connectivity index (χ0v) is 11.2. The maximum Gasteiger partial charge on any atom is 0.238 e. The van der Waals surface area contributed by atoms with Gasteiger partial charge in [-0.2, -0.15) is 0 Å². The van der Waals surface area contributed by atoms with Crippen LogP contribution in [0, 0.1) is 0 Å². The van der Waals surface area contributed by atoms with Gasteiger partial charge in [-0.3, -0.25) is 0 Å². The van der Waals surface area contributed by atoms with Gasteiger partial charge in [-0.15, -0.1) is 10.2 Å². The van der Waals surface area contributed by atoms with E-state index in [1.165, 1.54) is 0 Å². The van der Waals surface area contributed by atoms with Crippen molar-refractivity contribution in [1.82, 2.24) is 10.2 Å². The lowest BCUT2D eigenvalue weighted by Crippen LogP contribution is -1.95. The number of aromatic nitrogens is 2. The molecule has 100 valence electrons. The van der Waals surface area contributed by atoms with Crippen LogP contribution in [0.5, 0.6) is 11.6 Å². The summed E-state index contributed by atoms with van der Waals surface area (Å²) in [6.07, 6.45) is 0. The van der Waals surface area contributed by atoms with Gasteiger partial charge in [-0.1, -0.05) is 35.9 Å². The normalized spacial score (nSPS) is 10.7. The molecule has 2 aromatic carbocycles. The van der Waals surface area contributed by atoms with E-state index in [-0.39, 0.29) is 6.61 Å². The lowest BCUT2D eigenvalue weighted by Gasteiger charge is -2.09. The first-order valence-electron chi connectivity index (χ1n) is 6.06. The van der Waals surface area contributed by atoms with Crippen molar-refractivity contribution in [3.05, 3.63) is 59.2 Å². The first-order valence-corrected chi connectivity index (χ1v) is 6.44. The molecule has 0 atom stereocenters. The van der Waals surface area contributed by atoms with E-state index in [2.05, 4.69) is 10.2 Å². The second-order valence-corrected chi connectivity index (χ2v) is 4.62. The summed E-state index contributed by atoms with van der Waals surface area (Å²) in [6, 6.07) is 14.6. The maximum absolute atomic E-state index is 8.93. The van der Waals surface area contributed by atoms with Crippen molar-refractivity contribution in [2.75, 3.05) is 0 Å². The Balaban J connectivity index is 2.00. The van der Waals surface area contributed by atoms with E-state index in [1.807, 2.05) is 24.3 Å². The first kappa shape index (κ1) is 12.8. The Kier molecular flexibility index (Phi) is 3.50. The highest BCUT2D eigenvalue weighted by Crippen LogP contribution is 2.33. The van der Waals surface area contributed by atoms with Crippen LogP contribution in [0.25, 0.3) is 10.8 Å². The lowest BCUT2D eigenvalue weighted by molar-refractivity contribution is 0.274. The second-order valence-electron chi connectivity index (χ2n) is 4.21. The van der Waals surface area contributed by atoms with Crippen molar-refractivity contribution in [3.63, 3.8) is 0 Å². The first-order chi connectivity index (χ1) is 9.78. The third-order valence-corrected chi connectivity index (χ3v) is 3.23. The number of aliphatic hydroxyl groups excluding tert-OH is 1. The fourth-order valence-electron chi connectivity index (χ4n) is 1.92. The lowest BCUT2D eigenvalue weighted by atomic mass is 10.1. The number of rotatable bonds is 3. The molecule has 0 aliphatic heterocycles. The van der Waals surface area contributed by atoms with Crippen LogP contribution < -0.4 is 4.74 Å². The summed E-state index contributed by atoms with van der Waals surface area (Å²) < 4.78 is 5.73. The van der Waals surface area contributed by atoms with E-state index in [9.17, 15) is 0 Å². The van der Waals surface area contributed by atoms with Gasteiger partial charge in [-0.05, 0) is 18.2 Å². The van der Waals surface area contributed by atoms with Gasteiger partial charge in [0.25, 0.3) is 0 Å². The van der Waals surface area contributed by atoms with Gasteiger partial charge in [0.05, 0.1) is 12.3 Å². The zero-order chi connectivity index (χ0) is 13.9. The fraction of sp³-hybridized carbons (Fsp3) is 0.0667. The average Bonchev–Trinajstić information content (AvgIpc) is 2.51. The Morgan fingerprint density at radius 2 is 1.75 bits per heavy atom. The van der Waals surface area contributed by atoms with Gasteiger partial charge in [-0.25, -0.2) is 0 Å². The van der Waals surface area contributed by atoms with Crippen LogP contribution in [-0.4, -0.2) is 15.3 Å². The summed E-state index contributed by atoms with van der Waals surface area (Å²) in [5.41, 5.74) is 0.498. The fourth-order valence-corrected chi connectivity index (χ4v) is 2.15. The molecule has 1 N–H and O–H groups in total. The third kappa shape index (κ3) is 2.43. The number of aliphatic hydroxyl groups is 1. The molecule has 20 heavy (non-hydrogen) atoms. The number of hydrogen-bond donors (Lipinski definition) is 1. The predicted molar refractivity (Wildman–Crippen MR) is 77.0 cm³/mol. The average molecular weight is 287 g/mol. The topological polar surface area (TPSA) is 55.2 Å². The standard InChI is InChI=1S/C15H11ClN2O2/c16-13-6-7-14(12-4-2-1-3-11(12)13)20-15-8-5-10(9-19)17-18-15/h1-8,19H,9H2. The molecule has 1 aromatic heterocycles. The van der Waals surface area contributed by atoms with Crippen molar-refractivity contribution >= 4 is 22.4 Å². The number of halogens is 1. The molecule has 0 radical (unpaired) electrons. The Labute approximate surface area is 120 Å². The van der Waals surface area contributed by atoms with E-state index >= 15 is 0 Å². The molecule has 4 nitrogen and oxygen atoms in total. The van der Waals surface area contributed by atoms with E-state index < -0.39 is 0 Å². The Morgan fingerprint density at radius 3 is 2.45 bits per heavy atom. The highest BCUT2D eigenvalue weighted by Gasteiger charge is 2.07. The van der Waals surface area contributed by atoms with Crippen molar-refractivity contribution in [2.45, 2.75) is 6.61 Å². The summed E-state index contributed by atoms with van der Waals surface area (Å²) in [5.74, 6) is 1.03. The van der Waals surface area contributed by atoms with Crippen LogP contribution in [0.4, 0.5) is 0 Å².